The summed E-state index contributed by atoms with van der Waals surface area (Å²) in [4.78, 5) is 4.40. The fourth-order valence-electron chi connectivity index (χ4n) is 5.79. The Balaban J connectivity index is 1.33. The fourth-order valence-corrected chi connectivity index (χ4v) is 5.79. The molecule has 4 nitrogen and oxygen atoms in total. The van der Waals surface area contributed by atoms with Crippen LogP contribution in [0, 0.1) is 17.6 Å². The van der Waals surface area contributed by atoms with Gasteiger partial charge in [-0.15, -0.1) is 0 Å². The minimum atomic E-state index is -0.963. The molecule has 43 heavy (non-hydrogen) atoms. The van der Waals surface area contributed by atoms with Gasteiger partial charge in [-0.3, -0.25) is 4.98 Å². The summed E-state index contributed by atoms with van der Waals surface area (Å²) in [5.41, 5.74) is 1.27. The molecular weight excluding hydrogens is 544 g/mol. The van der Waals surface area contributed by atoms with Gasteiger partial charge in [0.15, 0.2) is 17.9 Å². The predicted molar refractivity (Wildman–Crippen MR) is 172 cm³/mol. The van der Waals surface area contributed by atoms with Crippen LogP contribution in [-0.2, 0) is 9.47 Å². The summed E-state index contributed by atoms with van der Waals surface area (Å²) in [6.45, 7) is 6.21. The summed E-state index contributed by atoms with van der Waals surface area (Å²) in [5, 5.41) is 0. The summed E-state index contributed by atoms with van der Waals surface area (Å²) in [5.74, 6) is -1.52. The first-order valence-electron chi connectivity index (χ1n) is 17.4. The SMILES string of the molecule is CCCCCCCCCCCCC1COC(c2ccc(-c3ccc(OCCCCCCCCCC)c(F)c3F)nc2)OC1. The third-order valence-corrected chi connectivity index (χ3v) is 8.57. The van der Waals surface area contributed by atoms with Gasteiger partial charge >= 0.3 is 0 Å². The Bertz CT molecular complexity index is 992. The first kappa shape index (κ1) is 35.4. The molecule has 0 N–H and O–H groups in total. The molecule has 0 unspecified atom stereocenters. The van der Waals surface area contributed by atoms with Crippen LogP contribution in [0.2, 0.25) is 0 Å². The van der Waals surface area contributed by atoms with E-state index in [1.807, 2.05) is 6.07 Å². The van der Waals surface area contributed by atoms with Gasteiger partial charge in [-0.1, -0.05) is 129 Å². The first-order chi connectivity index (χ1) is 21.1. The lowest BCUT2D eigenvalue weighted by Crippen LogP contribution is -2.27. The number of unbranched alkanes of at least 4 members (excludes halogenated alkanes) is 16. The van der Waals surface area contributed by atoms with Gasteiger partial charge in [-0.05, 0) is 31.0 Å². The van der Waals surface area contributed by atoms with Crippen LogP contribution in [0.4, 0.5) is 8.78 Å². The second kappa shape index (κ2) is 21.6. The molecule has 0 radical (unpaired) electrons. The summed E-state index contributed by atoms with van der Waals surface area (Å²) < 4.78 is 47.2. The molecule has 1 aromatic heterocycles. The van der Waals surface area contributed by atoms with Gasteiger partial charge in [0.2, 0.25) is 5.82 Å². The molecule has 242 valence electrons. The Morgan fingerprint density at radius 1 is 0.674 bits per heavy atom. The summed E-state index contributed by atoms with van der Waals surface area (Å²) >= 11 is 0. The quantitative estimate of drug-likeness (QED) is 0.119. The molecule has 0 atom stereocenters. The zero-order valence-electron chi connectivity index (χ0n) is 27.0. The van der Waals surface area contributed by atoms with Crippen molar-refractivity contribution in [3.63, 3.8) is 0 Å². The van der Waals surface area contributed by atoms with Gasteiger partial charge in [0.1, 0.15) is 0 Å². The smallest absolute Gasteiger partial charge is 0.201 e. The van der Waals surface area contributed by atoms with Crippen molar-refractivity contribution in [1.29, 1.82) is 0 Å². The van der Waals surface area contributed by atoms with Gasteiger partial charge in [0.25, 0.3) is 0 Å². The van der Waals surface area contributed by atoms with Gasteiger partial charge in [-0.2, -0.15) is 4.39 Å². The third kappa shape index (κ3) is 13.2. The number of ether oxygens (including phenoxy) is 3. The van der Waals surface area contributed by atoms with Gasteiger partial charge in [0.05, 0.1) is 25.5 Å². The molecule has 1 aliphatic heterocycles. The number of nitrogens with zero attached hydrogens (tertiary/aromatic N) is 1. The monoisotopic (exact) mass is 601 g/mol. The second-order valence-electron chi connectivity index (χ2n) is 12.4. The van der Waals surface area contributed by atoms with E-state index in [4.69, 9.17) is 14.2 Å². The Labute approximate surface area is 260 Å². The molecule has 0 spiro atoms. The molecule has 1 saturated heterocycles. The average molecular weight is 602 g/mol. The van der Waals surface area contributed by atoms with Crippen molar-refractivity contribution in [1.82, 2.24) is 4.98 Å². The van der Waals surface area contributed by atoms with Gasteiger partial charge in [0, 0.05) is 23.2 Å². The maximum atomic E-state index is 14.9. The van der Waals surface area contributed by atoms with Crippen LogP contribution in [0.25, 0.3) is 11.3 Å². The third-order valence-electron chi connectivity index (χ3n) is 8.57. The van der Waals surface area contributed by atoms with Crippen molar-refractivity contribution in [2.45, 2.75) is 142 Å². The highest BCUT2D eigenvalue weighted by Gasteiger charge is 2.24. The van der Waals surface area contributed by atoms with Crippen molar-refractivity contribution in [3.05, 3.63) is 47.7 Å². The van der Waals surface area contributed by atoms with Crippen LogP contribution in [0.1, 0.15) is 148 Å². The Morgan fingerprint density at radius 3 is 1.79 bits per heavy atom. The molecule has 0 amide bonds. The van der Waals surface area contributed by atoms with E-state index >= 15 is 0 Å². The molecule has 0 bridgehead atoms. The van der Waals surface area contributed by atoms with Crippen molar-refractivity contribution in [2.24, 2.45) is 5.92 Å². The van der Waals surface area contributed by atoms with Crippen molar-refractivity contribution >= 4 is 0 Å². The van der Waals surface area contributed by atoms with Crippen LogP contribution in [0.3, 0.4) is 0 Å². The fraction of sp³-hybridized carbons (Fsp3) is 0.703. The standard InChI is InChI=1S/C37H57F2NO3/c1-3-5-7-9-11-13-14-15-17-19-21-30-28-42-37(43-29-30)31-22-24-33(40-27-31)32-23-25-34(36(39)35(32)38)41-26-20-18-16-12-10-8-6-4-2/h22-25,27,30,37H,3-21,26,28-29H2,1-2H3. The average Bonchev–Trinajstić information content (AvgIpc) is 3.03. The zero-order valence-corrected chi connectivity index (χ0v) is 27.0. The maximum Gasteiger partial charge on any atom is 0.201 e. The summed E-state index contributed by atoms with van der Waals surface area (Å²) in [6.07, 6.45) is 25.1. The molecule has 0 aliphatic carbocycles. The van der Waals surface area contributed by atoms with Crippen LogP contribution in [-0.4, -0.2) is 24.8 Å². The van der Waals surface area contributed by atoms with Crippen LogP contribution >= 0.6 is 0 Å². The summed E-state index contributed by atoms with van der Waals surface area (Å²) in [6, 6.07) is 6.54. The molecule has 3 rings (SSSR count). The van der Waals surface area contributed by atoms with E-state index in [2.05, 4.69) is 18.8 Å². The van der Waals surface area contributed by atoms with E-state index in [9.17, 15) is 8.78 Å². The second-order valence-corrected chi connectivity index (χ2v) is 12.4. The van der Waals surface area contributed by atoms with E-state index in [1.54, 1.807) is 12.3 Å². The molecule has 6 heteroatoms. The van der Waals surface area contributed by atoms with Gasteiger partial charge < -0.3 is 14.2 Å². The molecular formula is C37H57F2NO3. The predicted octanol–water partition coefficient (Wildman–Crippen LogP) is 11.5. The lowest BCUT2D eigenvalue weighted by atomic mass is 10.0. The lowest BCUT2D eigenvalue weighted by Gasteiger charge is -2.29. The highest BCUT2D eigenvalue weighted by molar-refractivity contribution is 5.61. The number of hydrogen-bond acceptors (Lipinski definition) is 4. The molecule has 2 aromatic rings. The highest BCUT2D eigenvalue weighted by atomic mass is 19.2. The first-order valence-corrected chi connectivity index (χ1v) is 17.4. The van der Waals surface area contributed by atoms with Crippen LogP contribution in [0.5, 0.6) is 5.75 Å². The Morgan fingerprint density at radius 2 is 1.23 bits per heavy atom. The van der Waals surface area contributed by atoms with E-state index in [0.29, 0.717) is 31.4 Å². The number of aromatic nitrogens is 1. The Hall–Kier alpha value is -2.05. The van der Waals surface area contributed by atoms with Crippen LogP contribution < -0.4 is 4.74 Å². The zero-order chi connectivity index (χ0) is 30.5. The molecule has 1 aromatic carbocycles. The molecule has 0 saturated carbocycles. The van der Waals surface area contributed by atoms with E-state index < -0.39 is 17.9 Å². The topological polar surface area (TPSA) is 40.6 Å². The van der Waals surface area contributed by atoms with E-state index in [-0.39, 0.29) is 11.3 Å². The number of hydrogen-bond donors (Lipinski definition) is 0. The number of benzene rings is 1. The van der Waals surface area contributed by atoms with Crippen LogP contribution in [0.15, 0.2) is 30.5 Å². The van der Waals surface area contributed by atoms with Crippen molar-refractivity contribution in [3.8, 4) is 17.0 Å². The molecule has 1 fully saturated rings. The lowest BCUT2D eigenvalue weighted by molar-refractivity contribution is -0.206. The highest BCUT2D eigenvalue weighted by Crippen LogP contribution is 2.31. The number of pyridine rings is 1. The normalized spacial score (nSPS) is 16.9. The van der Waals surface area contributed by atoms with E-state index in [0.717, 1.165) is 31.2 Å². The van der Waals surface area contributed by atoms with Gasteiger partial charge in [-0.25, -0.2) is 4.39 Å². The number of halogens is 2. The number of rotatable bonds is 23. The minimum Gasteiger partial charge on any atom is -0.490 e. The minimum absolute atomic E-state index is 0.0443. The Kier molecular flexibility index (Phi) is 17.8. The maximum absolute atomic E-state index is 14.9. The summed E-state index contributed by atoms with van der Waals surface area (Å²) in [7, 11) is 0. The van der Waals surface area contributed by atoms with E-state index in [1.165, 1.54) is 108 Å². The molecule has 2 heterocycles. The van der Waals surface area contributed by atoms with Crippen molar-refractivity contribution < 1.29 is 23.0 Å². The van der Waals surface area contributed by atoms with Crippen molar-refractivity contribution in [2.75, 3.05) is 19.8 Å². The molecule has 1 aliphatic rings. The largest absolute Gasteiger partial charge is 0.490 e.